The summed E-state index contributed by atoms with van der Waals surface area (Å²) < 4.78 is 0.511. The molecule has 104 valence electrons. The highest BCUT2D eigenvalue weighted by Crippen LogP contribution is 2.26. The molecule has 0 radical (unpaired) electrons. The second-order valence-corrected chi connectivity index (χ2v) is 5.16. The predicted molar refractivity (Wildman–Crippen MR) is 82.2 cm³/mol. The number of hydrogen-bond donors (Lipinski definition) is 1. The maximum Gasteiger partial charge on any atom is 0.284 e. The molecule has 0 aliphatic carbocycles. The Balaban J connectivity index is 2.89. The van der Waals surface area contributed by atoms with Gasteiger partial charge in [0, 0.05) is 12.6 Å². The van der Waals surface area contributed by atoms with E-state index in [9.17, 15) is 10.1 Å². The Morgan fingerprint density at radius 1 is 1.47 bits per heavy atom. The quantitative estimate of drug-likeness (QED) is 0.465. The van der Waals surface area contributed by atoms with E-state index in [4.69, 9.17) is 0 Å². The summed E-state index contributed by atoms with van der Waals surface area (Å²) in [5, 5.41) is 14.2. The van der Waals surface area contributed by atoms with Crippen molar-refractivity contribution in [1.82, 2.24) is 5.32 Å². The number of rotatable bonds is 7. The third-order valence-corrected chi connectivity index (χ3v) is 3.44. The van der Waals surface area contributed by atoms with E-state index in [0.29, 0.717) is 4.47 Å². The van der Waals surface area contributed by atoms with Crippen LogP contribution in [0.3, 0.4) is 0 Å². The molecule has 0 spiro atoms. The molecular weight excluding hydrogens is 308 g/mol. The minimum Gasteiger partial charge on any atom is -0.313 e. The molecule has 1 aromatic rings. The van der Waals surface area contributed by atoms with Crippen LogP contribution < -0.4 is 5.32 Å². The molecule has 5 heteroatoms. The minimum atomic E-state index is -0.373. The van der Waals surface area contributed by atoms with Gasteiger partial charge in [-0.1, -0.05) is 31.6 Å². The highest BCUT2D eigenvalue weighted by Gasteiger charge is 2.11. The number of hydrogen-bond acceptors (Lipinski definition) is 3. The normalized spacial score (nSPS) is 11.6. The largest absolute Gasteiger partial charge is 0.313 e. The number of nitrogens with one attached hydrogen (secondary N) is 1. The fourth-order valence-corrected chi connectivity index (χ4v) is 2.09. The van der Waals surface area contributed by atoms with Crippen molar-refractivity contribution in [2.75, 3.05) is 13.1 Å². The van der Waals surface area contributed by atoms with Crippen molar-refractivity contribution in [1.29, 1.82) is 0 Å². The Morgan fingerprint density at radius 2 is 2.21 bits per heavy atom. The maximum atomic E-state index is 10.9. The van der Waals surface area contributed by atoms with Crippen molar-refractivity contribution in [2.45, 2.75) is 26.7 Å². The van der Waals surface area contributed by atoms with Gasteiger partial charge in [-0.2, -0.15) is 0 Å². The molecule has 0 unspecified atom stereocenters. The van der Waals surface area contributed by atoms with Crippen molar-refractivity contribution in [3.8, 4) is 0 Å². The van der Waals surface area contributed by atoms with Crippen molar-refractivity contribution < 1.29 is 4.92 Å². The molecule has 0 fully saturated rings. The monoisotopic (exact) mass is 326 g/mol. The zero-order valence-corrected chi connectivity index (χ0v) is 12.9. The van der Waals surface area contributed by atoms with E-state index in [2.05, 4.69) is 35.1 Å². The average Bonchev–Trinajstić information content (AvgIpc) is 2.39. The lowest BCUT2D eigenvalue weighted by Crippen LogP contribution is -2.17. The van der Waals surface area contributed by atoms with Gasteiger partial charge in [0.05, 0.1) is 9.40 Å². The van der Waals surface area contributed by atoms with Gasteiger partial charge in [-0.3, -0.25) is 10.1 Å². The molecular formula is C14H19BrN2O2. The molecule has 19 heavy (non-hydrogen) atoms. The van der Waals surface area contributed by atoms with Crippen LogP contribution in [0.1, 0.15) is 32.3 Å². The Bertz CT molecular complexity index is 473. The van der Waals surface area contributed by atoms with E-state index in [0.717, 1.165) is 31.5 Å². The summed E-state index contributed by atoms with van der Waals surface area (Å²) in [6, 6.07) is 5.20. The second kappa shape index (κ2) is 8.07. The van der Waals surface area contributed by atoms with E-state index in [-0.39, 0.29) is 10.6 Å². The number of halogens is 1. The van der Waals surface area contributed by atoms with E-state index in [1.165, 1.54) is 5.57 Å². The lowest BCUT2D eigenvalue weighted by atomic mass is 10.1. The van der Waals surface area contributed by atoms with Crippen LogP contribution in [0.15, 0.2) is 28.2 Å². The van der Waals surface area contributed by atoms with Gasteiger partial charge in [0.1, 0.15) is 0 Å². The zero-order chi connectivity index (χ0) is 14.3. The van der Waals surface area contributed by atoms with Crippen LogP contribution in [0.2, 0.25) is 0 Å². The molecule has 0 aromatic heterocycles. The first-order valence-electron chi connectivity index (χ1n) is 6.42. The molecule has 0 saturated heterocycles. The molecule has 1 aromatic carbocycles. The van der Waals surface area contributed by atoms with Crippen LogP contribution in [0.5, 0.6) is 0 Å². The summed E-state index contributed by atoms with van der Waals surface area (Å²) in [6.07, 6.45) is 4.05. The summed E-state index contributed by atoms with van der Waals surface area (Å²) in [7, 11) is 0. The van der Waals surface area contributed by atoms with Crippen LogP contribution in [0.4, 0.5) is 5.69 Å². The SMILES string of the molecule is CCCNCC(=Cc1ccc(Br)c([N+](=O)[O-])c1)CC. The molecule has 0 amide bonds. The van der Waals surface area contributed by atoms with Gasteiger partial charge < -0.3 is 5.32 Å². The smallest absolute Gasteiger partial charge is 0.284 e. The molecule has 1 N–H and O–H groups in total. The Morgan fingerprint density at radius 3 is 2.79 bits per heavy atom. The summed E-state index contributed by atoms with van der Waals surface area (Å²) in [5.41, 5.74) is 2.21. The fraction of sp³-hybridized carbons (Fsp3) is 0.429. The number of nitro benzene ring substituents is 1. The molecule has 0 heterocycles. The average molecular weight is 327 g/mol. The van der Waals surface area contributed by atoms with Gasteiger partial charge in [-0.05, 0) is 46.9 Å². The number of benzene rings is 1. The first-order valence-corrected chi connectivity index (χ1v) is 7.21. The lowest BCUT2D eigenvalue weighted by Gasteiger charge is -2.06. The van der Waals surface area contributed by atoms with Crippen molar-refractivity contribution >= 4 is 27.7 Å². The Labute approximate surface area is 122 Å². The highest BCUT2D eigenvalue weighted by atomic mass is 79.9. The van der Waals surface area contributed by atoms with E-state index in [1.54, 1.807) is 12.1 Å². The van der Waals surface area contributed by atoms with Gasteiger partial charge in [-0.15, -0.1) is 0 Å². The predicted octanol–water partition coefficient (Wildman–Crippen LogP) is 4.15. The zero-order valence-electron chi connectivity index (χ0n) is 11.3. The summed E-state index contributed by atoms with van der Waals surface area (Å²) in [6.45, 7) is 6.03. The van der Waals surface area contributed by atoms with Gasteiger partial charge in [0.2, 0.25) is 0 Å². The molecule has 0 bridgehead atoms. The Hall–Kier alpha value is -1.20. The van der Waals surface area contributed by atoms with Gasteiger partial charge >= 0.3 is 0 Å². The highest BCUT2D eigenvalue weighted by molar-refractivity contribution is 9.10. The summed E-state index contributed by atoms with van der Waals surface area (Å²) >= 11 is 3.19. The second-order valence-electron chi connectivity index (χ2n) is 4.30. The number of nitrogens with zero attached hydrogens (tertiary/aromatic N) is 1. The van der Waals surface area contributed by atoms with E-state index in [1.807, 2.05) is 12.1 Å². The van der Waals surface area contributed by atoms with E-state index < -0.39 is 0 Å². The van der Waals surface area contributed by atoms with Crippen LogP contribution in [-0.2, 0) is 0 Å². The fourth-order valence-electron chi connectivity index (χ4n) is 1.70. The summed E-state index contributed by atoms with van der Waals surface area (Å²) in [4.78, 5) is 10.5. The molecule has 4 nitrogen and oxygen atoms in total. The van der Waals surface area contributed by atoms with Crippen molar-refractivity contribution in [3.05, 3.63) is 43.9 Å². The molecule has 0 aliphatic heterocycles. The van der Waals surface area contributed by atoms with E-state index >= 15 is 0 Å². The van der Waals surface area contributed by atoms with Gasteiger partial charge in [-0.25, -0.2) is 0 Å². The first-order chi connectivity index (χ1) is 9.08. The lowest BCUT2D eigenvalue weighted by molar-refractivity contribution is -0.385. The maximum absolute atomic E-state index is 10.9. The van der Waals surface area contributed by atoms with Gasteiger partial charge in [0.25, 0.3) is 5.69 Å². The van der Waals surface area contributed by atoms with Crippen LogP contribution in [0.25, 0.3) is 6.08 Å². The van der Waals surface area contributed by atoms with Crippen LogP contribution in [0, 0.1) is 10.1 Å². The minimum absolute atomic E-state index is 0.103. The van der Waals surface area contributed by atoms with Crippen molar-refractivity contribution in [2.24, 2.45) is 0 Å². The molecule has 0 atom stereocenters. The summed E-state index contributed by atoms with van der Waals surface area (Å²) in [5.74, 6) is 0. The molecule has 0 saturated carbocycles. The van der Waals surface area contributed by atoms with Crippen LogP contribution in [-0.4, -0.2) is 18.0 Å². The first kappa shape index (κ1) is 15.9. The molecule has 1 rings (SSSR count). The number of nitro groups is 1. The Kier molecular flexibility index (Phi) is 6.73. The molecule has 0 aliphatic rings. The third-order valence-electron chi connectivity index (χ3n) is 2.77. The topological polar surface area (TPSA) is 55.2 Å². The van der Waals surface area contributed by atoms with Gasteiger partial charge in [0.15, 0.2) is 0 Å². The van der Waals surface area contributed by atoms with Crippen LogP contribution >= 0.6 is 15.9 Å². The third kappa shape index (κ3) is 5.12. The standard InChI is InChI=1S/C14H19BrN2O2/c1-3-7-16-10-11(4-2)8-12-5-6-13(15)14(9-12)17(18)19/h5-6,8-9,16H,3-4,7,10H2,1-2H3. The van der Waals surface area contributed by atoms with Crippen molar-refractivity contribution in [3.63, 3.8) is 0 Å².